The normalized spacial score (nSPS) is 10.9. The minimum absolute atomic E-state index is 0.134. The zero-order chi connectivity index (χ0) is 18.2. The van der Waals surface area contributed by atoms with E-state index in [1.807, 2.05) is 44.2 Å². The Bertz CT molecular complexity index is 772. The van der Waals surface area contributed by atoms with Gasteiger partial charge in [-0.1, -0.05) is 30.7 Å². The molecule has 2 rings (SSSR count). The Kier molecular flexibility index (Phi) is 7.19. The second kappa shape index (κ2) is 9.37. The van der Waals surface area contributed by atoms with E-state index >= 15 is 0 Å². The van der Waals surface area contributed by atoms with E-state index in [2.05, 4.69) is 39.4 Å². The summed E-state index contributed by atoms with van der Waals surface area (Å²) in [7, 11) is 0. The maximum absolute atomic E-state index is 12.0. The highest BCUT2D eigenvalue weighted by Crippen LogP contribution is 2.25. The smallest absolute Gasteiger partial charge is 0.244 e. The maximum atomic E-state index is 12.0. The van der Waals surface area contributed by atoms with Crippen LogP contribution < -0.4 is 10.2 Å². The summed E-state index contributed by atoms with van der Waals surface area (Å²) in [5.41, 5.74) is 6.77. The van der Waals surface area contributed by atoms with Crippen molar-refractivity contribution < 1.29 is 9.53 Å². The van der Waals surface area contributed by atoms with Crippen LogP contribution in [0.15, 0.2) is 46.0 Å². The Morgan fingerprint density at radius 2 is 2.04 bits per heavy atom. The Morgan fingerprint density at radius 3 is 2.72 bits per heavy atom. The largest absolute Gasteiger partial charge is 0.492 e. The number of carbonyl (C=O) groups excluding carboxylic acids is 1. The minimum Gasteiger partial charge on any atom is -0.492 e. The Morgan fingerprint density at radius 1 is 1.24 bits per heavy atom. The number of aryl methyl sites for hydroxylation is 2. The van der Waals surface area contributed by atoms with Crippen LogP contribution in [0, 0.1) is 13.8 Å². The molecule has 2 aromatic carbocycles. The standard InChI is InChI=1S/C20H23BrN2O2/c1-4-9-25-19-8-6-16(11-18(19)21)13-22-23-20(24)12-17-7-5-14(2)10-15(17)3/h5-8,10-11,13H,4,9,12H2,1-3H3,(H,23,24)/b22-13+. The summed E-state index contributed by atoms with van der Waals surface area (Å²) in [6.07, 6.45) is 2.90. The van der Waals surface area contributed by atoms with Gasteiger partial charge in [0.15, 0.2) is 0 Å². The molecule has 0 atom stereocenters. The number of carbonyl (C=O) groups is 1. The Hall–Kier alpha value is -2.14. The van der Waals surface area contributed by atoms with Gasteiger partial charge in [-0.2, -0.15) is 5.10 Å². The fourth-order valence-electron chi connectivity index (χ4n) is 2.36. The van der Waals surface area contributed by atoms with Gasteiger partial charge in [0.05, 0.1) is 23.7 Å². The van der Waals surface area contributed by atoms with Gasteiger partial charge in [0.1, 0.15) is 5.75 Å². The van der Waals surface area contributed by atoms with Crippen LogP contribution in [0.3, 0.4) is 0 Å². The third kappa shape index (κ3) is 6.02. The monoisotopic (exact) mass is 402 g/mol. The van der Waals surface area contributed by atoms with Gasteiger partial charge in [-0.15, -0.1) is 0 Å². The third-order valence-corrected chi connectivity index (χ3v) is 4.29. The van der Waals surface area contributed by atoms with E-state index in [9.17, 15) is 4.79 Å². The zero-order valence-electron chi connectivity index (χ0n) is 14.8. The SMILES string of the molecule is CCCOc1ccc(/C=N/NC(=O)Cc2ccc(C)cc2C)cc1Br. The molecule has 0 aliphatic rings. The fraction of sp³-hybridized carbons (Fsp3) is 0.300. The number of nitrogens with zero attached hydrogens (tertiary/aromatic N) is 1. The van der Waals surface area contributed by atoms with Crippen molar-refractivity contribution in [2.45, 2.75) is 33.6 Å². The molecule has 0 radical (unpaired) electrons. The van der Waals surface area contributed by atoms with Crippen LogP contribution in [0.2, 0.25) is 0 Å². The van der Waals surface area contributed by atoms with Crippen molar-refractivity contribution in [2.75, 3.05) is 6.61 Å². The first kappa shape index (κ1) is 19.2. The van der Waals surface area contributed by atoms with Crippen LogP contribution in [0.5, 0.6) is 5.75 Å². The summed E-state index contributed by atoms with van der Waals surface area (Å²) < 4.78 is 6.48. The van der Waals surface area contributed by atoms with E-state index in [-0.39, 0.29) is 5.91 Å². The van der Waals surface area contributed by atoms with E-state index < -0.39 is 0 Å². The Balaban J connectivity index is 1.91. The average molecular weight is 403 g/mol. The predicted molar refractivity (Wildman–Crippen MR) is 105 cm³/mol. The molecule has 0 bridgehead atoms. The molecule has 0 aromatic heterocycles. The summed E-state index contributed by atoms with van der Waals surface area (Å²) in [6, 6.07) is 11.8. The van der Waals surface area contributed by atoms with Crippen LogP contribution in [-0.2, 0) is 11.2 Å². The van der Waals surface area contributed by atoms with E-state index in [0.717, 1.165) is 33.3 Å². The molecule has 4 nitrogen and oxygen atoms in total. The Labute approximate surface area is 157 Å². The number of halogens is 1. The topological polar surface area (TPSA) is 50.7 Å². The van der Waals surface area contributed by atoms with Gasteiger partial charge >= 0.3 is 0 Å². The van der Waals surface area contributed by atoms with Gasteiger partial charge < -0.3 is 4.74 Å². The van der Waals surface area contributed by atoms with Crippen molar-refractivity contribution >= 4 is 28.1 Å². The molecule has 0 unspecified atom stereocenters. The van der Waals surface area contributed by atoms with Gasteiger partial charge in [-0.05, 0) is 71.1 Å². The van der Waals surface area contributed by atoms with Crippen LogP contribution in [0.1, 0.15) is 35.6 Å². The van der Waals surface area contributed by atoms with Gasteiger partial charge in [-0.25, -0.2) is 5.43 Å². The molecular weight excluding hydrogens is 380 g/mol. The summed E-state index contributed by atoms with van der Waals surface area (Å²) in [6.45, 7) is 6.80. The highest BCUT2D eigenvalue weighted by molar-refractivity contribution is 9.10. The van der Waals surface area contributed by atoms with Crippen molar-refractivity contribution in [2.24, 2.45) is 5.10 Å². The predicted octanol–water partition coefficient (Wildman–Crippen LogP) is 4.55. The maximum Gasteiger partial charge on any atom is 0.244 e. The first-order chi connectivity index (χ1) is 12.0. The first-order valence-electron chi connectivity index (χ1n) is 8.30. The summed E-state index contributed by atoms with van der Waals surface area (Å²) in [4.78, 5) is 12.0. The second-order valence-corrected chi connectivity index (χ2v) is 6.79. The van der Waals surface area contributed by atoms with E-state index in [4.69, 9.17) is 4.74 Å². The third-order valence-electron chi connectivity index (χ3n) is 3.67. The first-order valence-corrected chi connectivity index (χ1v) is 9.09. The molecule has 0 spiro atoms. The minimum atomic E-state index is -0.134. The van der Waals surface area contributed by atoms with Crippen molar-refractivity contribution in [1.82, 2.24) is 5.43 Å². The molecule has 0 heterocycles. The lowest BCUT2D eigenvalue weighted by atomic mass is 10.0. The summed E-state index contributed by atoms with van der Waals surface area (Å²) in [5, 5.41) is 4.03. The van der Waals surface area contributed by atoms with Crippen molar-refractivity contribution in [3.8, 4) is 5.75 Å². The highest BCUT2D eigenvalue weighted by atomic mass is 79.9. The quantitative estimate of drug-likeness (QED) is 0.545. The van der Waals surface area contributed by atoms with E-state index in [1.54, 1.807) is 6.21 Å². The van der Waals surface area contributed by atoms with Crippen molar-refractivity contribution in [1.29, 1.82) is 0 Å². The van der Waals surface area contributed by atoms with E-state index in [1.165, 1.54) is 5.56 Å². The van der Waals surface area contributed by atoms with Gasteiger partial charge in [0.2, 0.25) is 5.91 Å². The molecule has 1 amide bonds. The number of nitrogens with one attached hydrogen (secondary N) is 1. The summed E-state index contributed by atoms with van der Waals surface area (Å²) in [5.74, 6) is 0.669. The molecule has 0 saturated heterocycles. The van der Waals surface area contributed by atoms with Crippen molar-refractivity contribution in [3.63, 3.8) is 0 Å². The average Bonchev–Trinajstić information content (AvgIpc) is 2.57. The molecule has 0 saturated carbocycles. The second-order valence-electron chi connectivity index (χ2n) is 5.94. The van der Waals surface area contributed by atoms with Crippen LogP contribution in [0.25, 0.3) is 0 Å². The number of hydrogen-bond donors (Lipinski definition) is 1. The van der Waals surface area contributed by atoms with Crippen LogP contribution in [-0.4, -0.2) is 18.7 Å². The zero-order valence-corrected chi connectivity index (χ0v) is 16.4. The van der Waals surface area contributed by atoms with Crippen molar-refractivity contribution in [3.05, 3.63) is 63.1 Å². The number of benzene rings is 2. The molecule has 0 aliphatic heterocycles. The molecule has 0 aliphatic carbocycles. The summed E-state index contributed by atoms with van der Waals surface area (Å²) >= 11 is 3.48. The van der Waals surface area contributed by atoms with Crippen LogP contribution >= 0.6 is 15.9 Å². The fourth-order valence-corrected chi connectivity index (χ4v) is 2.87. The molecule has 25 heavy (non-hydrogen) atoms. The molecule has 2 aromatic rings. The molecule has 132 valence electrons. The lowest BCUT2D eigenvalue weighted by molar-refractivity contribution is -0.120. The number of rotatable bonds is 7. The lowest BCUT2D eigenvalue weighted by Crippen LogP contribution is -2.20. The number of hydrazone groups is 1. The number of ether oxygens (including phenoxy) is 1. The number of hydrogen-bond acceptors (Lipinski definition) is 3. The lowest BCUT2D eigenvalue weighted by Gasteiger charge is -2.07. The molecule has 0 fully saturated rings. The molecule has 1 N–H and O–H groups in total. The van der Waals surface area contributed by atoms with Gasteiger partial charge in [0.25, 0.3) is 0 Å². The van der Waals surface area contributed by atoms with E-state index in [0.29, 0.717) is 13.0 Å². The van der Waals surface area contributed by atoms with Gasteiger partial charge in [-0.3, -0.25) is 4.79 Å². The van der Waals surface area contributed by atoms with Gasteiger partial charge in [0, 0.05) is 0 Å². The number of amides is 1. The van der Waals surface area contributed by atoms with Crippen LogP contribution in [0.4, 0.5) is 0 Å². The molecule has 5 heteroatoms. The molecular formula is C20H23BrN2O2. The highest BCUT2D eigenvalue weighted by Gasteiger charge is 2.05.